The fourth-order valence-corrected chi connectivity index (χ4v) is 1.39. The van der Waals surface area contributed by atoms with Gasteiger partial charge in [0.1, 0.15) is 17.2 Å². The Hall–Kier alpha value is -2.17. The molecule has 0 unspecified atom stereocenters. The highest BCUT2D eigenvalue weighted by Gasteiger charge is 2.10. The van der Waals surface area contributed by atoms with Gasteiger partial charge in [0, 0.05) is 5.56 Å². The van der Waals surface area contributed by atoms with Gasteiger partial charge in [-0.1, -0.05) is 0 Å². The number of aromatic nitrogens is 1. The standard InChI is InChI=1S/C10H11N3O2/c1-5-9(13-10(12)15-5)6-2-3-8(14)7(11)4-6/h2-4,14H,11H2,1H3,(H2,12,13). The summed E-state index contributed by atoms with van der Waals surface area (Å²) in [6.45, 7) is 1.77. The molecule has 0 saturated carbocycles. The molecule has 5 N–H and O–H groups in total. The average Bonchev–Trinajstić information content (AvgIpc) is 2.50. The van der Waals surface area contributed by atoms with Gasteiger partial charge in [-0.3, -0.25) is 0 Å². The Kier molecular flexibility index (Phi) is 2.00. The van der Waals surface area contributed by atoms with Crippen molar-refractivity contribution in [2.45, 2.75) is 6.92 Å². The van der Waals surface area contributed by atoms with Crippen LogP contribution in [0.3, 0.4) is 0 Å². The molecule has 1 aromatic heterocycles. The summed E-state index contributed by atoms with van der Waals surface area (Å²) < 4.78 is 5.10. The van der Waals surface area contributed by atoms with Crippen LogP contribution in [0, 0.1) is 6.92 Å². The summed E-state index contributed by atoms with van der Waals surface area (Å²) in [7, 11) is 0. The van der Waals surface area contributed by atoms with Crippen LogP contribution in [0.25, 0.3) is 11.3 Å². The minimum absolute atomic E-state index is 0.0490. The molecule has 5 nitrogen and oxygen atoms in total. The van der Waals surface area contributed by atoms with Crippen molar-refractivity contribution in [3.05, 3.63) is 24.0 Å². The van der Waals surface area contributed by atoms with Gasteiger partial charge in [-0.2, -0.15) is 4.98 Å². The van der Waals surface area contributed by atoms with Gasteiger partial charge in [-0.05, 0) is 25.1 Å². The molecule has 1 aromatic carbocycles. The number of aromatic hydroxyl groups is 1. The van der Waals surface area contributed by atoms with E-state index in [-0.39, 0.29) is 11.8 Å². The van der Waals surface area contributed by atoms with Crippen LogP contribution in [0.1, 0.15) is 5.76 Å². The van der Waals surface area contributed by atoms with Crippen LogP contribution in [0.15, 0.2) is 22.6 Å². The van der Waals surface area contributed by atoms with Crippen molar-refractivity contribution in [2.75, 3.05) is 11.5 Å². The summed E-state index contributed by atoms with van der Waals surface area (Å²) in [6.07, 6.45) is 0. The zero-order valence-corrected chi connectivity index (χ0v) is 8.19. The molecular formula is C10H11N3O2. The Labute approximate surface area is 86.3 Å². The van der Waals surface area contributed by atoms with Crippen LogP contribution in [0.4, 0.5) is 11.7 Å². The van der Waals surface area contributed by atoms with Crippen molar-refractivity contribution in [3.63, 3.8) is 0 Å². The summed E-state index contributed by atoms with van der Waals surface area (Å²) in [6, 6.07) is 4.96. The summed E-state index contributed by atoms with van der Waals surface area (Å²) in [5, 5.41) is 9.27. The van der Waals surface area contributed by atoms with E-state index in [1.54, 1.807) is 19.1 Å². The van der Waals surface area contributed by atoms with Crippen LogP contribution in [0.2, 0.25) is 0 Å². The molecule has 0 spiro atoms. The fraction of sp³-hybridized carbons (Fsp3) is 0.100. The highest BCUT2D eigenvalue weighted by Crippen LogP contribution is 2.29. The maximum absolute atomic E-state index is 9.27. The second-order valence-corrected chi connectivity index (χ2v) is 3.23. The molecule has 5 heteroatoms. The van der Waals surface area contributed by atoms with Crippen LogP contribution >= 0.6 is 0 Å². The van der Waals surface area contributed by atoms with E-state index >= 15 is 0 Å². The normalized spacial score (nSPS) is 10.5. The third kappa shape index (κ3) is 1.59. The van der Waals surface area contributed by atoms with Gasteiger partial charge < -0.3 is 21.0 Å². The smallest absolute Gasteiger partial charge is 0.292 e. The first-order valence-corrected chi connectivity index (χ1v) is 4.39. The Morgan fingerprint density at radius 2 is 2.07 bits per heavy atom. The molecule has 15 heavy (non-hydrogen) atoms. The maximum Gasteiger partial charge on any atom is 0.292 e. The van der Waals surface area contributed by atoms with Gasteiger partial charge in [0.2, 0.25) is 0 Å². The van der Waals surface area contributed by atoms with Crippen molar-refractivity contribution >= 4 is 11.7 Å². The molecule has 0 saturated heterocycles. The number of oxazole rings is 1. The molecule has 0 amide bonds. The molecule has 0 aliphatic rings. The zero-order chi connectivity index (χ0) is 11.0. The minimum Gasteiger partial charge on any atom is -0.506 e. The predicted octanol–water partition coefficient (Wildman–Crippen LogP) is 1.52. The number of rotatable bonds is 1. The molecule has 0 radical (unpaired) electrons. The molecule has 0 bridgehead atoms. The number of aryl methyl sites for hydroxylation is 1. The first-order chi connectivity index (χ1) is 7.08. The maximum atomic E-state index is 9.27. The monoisotopic (exact) mass is 205 g/mol. The number of phenolic OH excluding ortho intramolecular Hbond substituents is 1. The van der Waals surface area contributed by atoms with E-state index in [2.05, 4.69) is 4.98 Å². The number of nitrogens with zero attached hydrogens (tertiary/aromatic N) is 1. The average molecular weight is 205 g/mol. The van der Waals surface area contributed by atoms with Crippen LogP contribution < -0.4 is 11.5 Å². The second-order valence-electron chi connectivity index (χ2n) is 3.23. The van der Waals surface area contributed by atoms with E-state index in [1.807, 2.05) is 0 Å². The molecule has 1 heterocycles. The minimum atomic E-state index is 0.0490. The SMILES string of the molecule is Cc1oc(N)nc1-c1ccc(O)c(N)c1. The molecule has 0 aliphatic carbocycles. The summed E-state index contributed by atoms with van der Waals surface area (Å²) in [5.74, 6) is 0.672. The Bertz CT molecular complexity index is 505. The van der Waals surface area contributed by atoms with E-state index in [0.29, 0.717) is 17.1 Å². The van der Waals surface area contributed by atoms with Crippen molar-refractivity contribution in [2.24, 2.45) is 0 Å². The van der Waals surface area contributed by atoms with E-state index in [0.717, 1.165) is 5.56 Å². The number of nitrogens with two attached hydrogens (primary N) is 2. The Balaban J connectivity index is 2.54. The van der Waals surface area contributed by atoms with Gasteiger partial charge in [-0.25, -0.2) is 0 Å². The third-order valence-electron chi connectivity index (χ3n) is 2.11. The number of nitrogen functional groups attached to an aromatic ring is 2. The fourth-order valence-electron chi connectivity index (χ4n) is 1.39. The van der Waals surface area contributed by atoms with Gasteiger partial charge in [0.25, 0.3) is 6.01 Å². The van der Waals surface area contributed by atoms with E-state index in [9.17, 15) is 5.11 Å². The van der Waals surface area contributed by atoms with Gasteiger partial charge in [-0.15, -0.1) is 0 Å². The summed E-state index contributed by atoms with van der Waals surface area (Å²) in [5.41, 5.74) is 12.7. The van der Waals surface area contributed by atoms with Gasteiger partial charge >= 0.3 is 0 Å². The van der Waals surface area contributed by atoms with Crippen molar-refractivity contribution in [3.8, 4) is 17.0 Å². The lowest BCUT2D eigenvalue weighted by atomic mass is 10.1. The van der Waals surface area contributed by atoms with Crippen LogP contribution in [0.5, 0.6) is 5.75 Å². The van der Waals surface area contributed by atoms with E-state index in [1.165, 1.54) is 6.07 Å². The second kappa shape index (κ2) is 3.20. The molecule has 2 rings (SSSR count). The van der Waals surface area contributed by atoms with E-state index in [4.69, 9.17) is 15.9 Å². The van der Waals surface area contributed by atoms with Crippen molar-refractivity contribution in [1.82, 2.24) is 4.98 Å². The van der Waals surface area contributed by atoms with E-state index < -0.39 is 0 Å². The first kappa shape index (κ1) is 9.39. The molecular weight excluding hydrogens is 194 g/mol. The summed E-state index contributed by atoms with van der Waals surface area (Å²) in [4.78, 5) is 4.03. The number of anilines is 2. The lowest BCUT2D eigenvalue weighted by Crippen LogP contribution is -1.88. The largest absolute Gasteiger partial charge is 0.506 e. The third-order valence-corrected chi connectivity index (χ3v) is 2.11. The van der Waals surface area contributed by atoms with Crippen LogP contribution in [-0.2, 0) is 0 Å². The van der Waals surface area contributed by atoms with Gasteiger partial charge in [0.15, 0.2) is 0 Å². The highest BCUT2D eigenvalue weighted by molar-refractivity contribution is 5.69. The zero-order valence-electron chi connectivity index (χ0n) is 8.19. The number of phenols is 1. The quantitative estimate of drug-likeness (QED) is 0.484. The number of benzene rings is 1. The molecule has 0 aliphatic heterocycles. The number of hydrogen-bond acceptors (Lipinski definition) is 5. The lowest BCUT2D eigenvalue weighted by Gasteiger charge is -2.01. The molecule has 2 aromatic rings. The summed E-state index contributed by atoms with van der Waals surface area (Å²) >= 11 is 0. The predicted molar refractivity (Wildman–Crippen MR) is 57.2 cm³/mol. The molecule has 0 fully saturated rings. The lowest BCUT2D eigenvalue weighted by molar-refractivity contribution is 0.478. The Morgan fingerprint density at radius 1 is 1.33 bits per heavy atom. The molecule has 78 valence electrons. The molecule has 0 atom stereocenters. The topological polar surface area (TPSA) is 98.3 Å². The van der Waals surface area contributed by atoms with Crippen LogP contribution in [-0.4, -0.2) is 10.1 Å². The van der Waals surface area contributed by atoms with Crippen molar-refractivity contribution < 1.29 is 9.52 Å². The number of hydrogen-bond donors (Lipinski definition) is 3. The van der Waals surface area contributed by atoms with Gasteiger partial charge in [0.05, 0.1) is 5.69 Å². The van der Waals surface area contributed by atoms with Crippen molar-refractivity contribution in [1.29, 1.82) is 0 Å². The highest BCUT2D eigenvalue weighted by atomic mass is 16.4. The first-order valence-electron chi connectivity index (χ1n) is 4.39. The Morgan fingerprint density at radius 3 is 2.60 bits per heavy atom.